The number of hydrogen-bond acceptors (Lipinski definition) is 5. The highest BCUT2D eigenvalue weighted by molar-refractivity contribution is 6.32. The van der Waals surface area contributed by atoms with Crippen molar-refractivity contribution < 1.29 is 9.66 Å². The number of nitrogen functional groups attached to an aromatic ring is 1. The summed E-state index contributed by atoms with van der Waals surface area (Å²) >= 11 is 5.95. The molecule has 108 valence electrons. The van der Waals surface area contributed by atoms with E-state index in [0.29, 0.717) is 11.3 Å². The van der Waals surface area contributed by atoms with Crippen LogP contribution in [0.5, 0.6) is 11.6 Å². The monoisotopic (exact) mass is 306 g/mol. The molecule has 0 spiro atoms. The Balaban J connectivity index is 2.40. The molecule has 21 heavy (non-hydrogen) atoms. The van der Waals surface area contributed by atoms with Crippen LogP contribution >= 0.6 is 11.6 Å². The van der Waals surface area contributed by atoms with Crippen LogP contribution in [-0.4, -0.2) is 15.7 Å². The maximum Gasteiger partial charge on any atom is 0.273 e. The van der Waals surface area contributed by atoms with E-state index in [1.165, 1.54) is 24.3 Å². The van der Waals surface area contributed by atoms with Gasteiger partial charge in [0.15, 0.2) is 5.75 Å². The van der Waals surface area contributed by atoms with Crippen LogP contribution in [-0.2, 0) is 0 Å². The van der Waals surface area contributed by atoms with Crippen LogP contribution in [0.3, 0.4) is 0 Å². The van der Waals surface area contributed by atoms with Crippen LogP contribution in [0.1, 0.15) is 11.3 Å². The van der Waals surface area contributed by atoms with Gasteiger partial charge in [-0.3, -0.25) is 15.5 Å². The highest BCUT2D eigenvalue weighted by atomic mass is 35.5. The molecule has 3 N–H and O–H groups in total. The summed E-state index contributed by atoms with van der Waals surface area (Å²) in [5.74, 6) is 0.136. The Morgan fingerprint density at radius 1 is 1.43 bits per heavy atom. The first-order valence-electron chi connectivity index (χ1n) is 5.81. The number of rotatable bonds is 4. The summed E-state index contributed by atoms with van der Waals surface area (Å²) in [6.07, 6.45) is 0. The second kappa shape index (κ2) is 5.76. The van der Waals surface area contributed by atoms with Crippen molar-refractivity contribution in [3.05, 3.63) is 56.7 Å². The number of amidine groups is 1. The van der Waals surface area contributed by atoms with Gasteiger partial charge >= 0.3 is 0 Å². The van der Waals surface area contributed by atoms with E-state index < -0.39 is 4.92 Å². The third-order valence-corrected chi connectivity index (χ3v) is 2.89. The zero-order valence-electron chi connectivity index (χ0n) is 11.0. The van der Waals surface area contributed by atoms with E-state index in [1.807, 2.05) is 0 Å². The molecule has 1 aromatic carbocycles. The van der Waals surface area contributed by atoms with E-state index in [1.54, 1.807) is 13.0 Å². The topological polar surface area (TPSA) is 115 Å². The first-order valence-corrected chi connectivity index (χ1v) is 6.19. The number of halogens is 1. The van der Waals surface area contributed by atoms with Gasteiger partial charge in [-0.05, 0) is 19.1 Å². The molecule has 2 aromatic rings. The number of non-ortho nitro benzene ring substituents is 1. The lowest BCUT2D eigenvalue weighted by Gasteiger charge is -2.09. The standard InChI is InChI=1S/C13H11ClN4O3/c1-7-4-8(13(15)16)5-12(17-7)21-11-6-9(18(19)20)2-3-10(11)14/h2-6H,1H3,(H3,15,16). The summed E-state index contributed by atoms with van der Waals surface area (Å²) in [4.78, 5) is 14.3. The number of hydrogen-bond donors (Lipinski definition) is 2. The first-order chi connectivity index (χ1) is 9.86. The number of aryl methyl sites for hydroxylation is 1. The minimum Gasteiger partial charge on any atom is -0.437 e. The predicted molar refractivity (Wildman–Crippen MR) is 78.2 cm³/mol. The third-order valence-electron chi connectivity index (χ3n) is 2.58. The van der Waals surface area contributed by atoms with E-state index in [0.717, 1.165) is 0 Å². The van der Waals surface area contributed by atoms with Crippen LogP contribution in [0.2, 0.25) is 5.02 Å². The fourth-order valence-electron chi connectivity index (χ4n) is 1.64. The van der Waals surface area contributed by atoms with Crippen LogP contribution in [0.15, 0.2) is 30.3 Å². The fraction of sp³-hybridized carbons (Fsp3) is 0.0769. The lowest BCUT2D eigenvalue weighted by molar-refractivity contribution is -0.384. The van der Waals surface area contributed by atoms with Crippen molar-refractivity contribution in [2.24, 2.45) is 5.73 Å². The molecule has 0 aliphatic carbocycles. The molecule has 0 radical (unpaired) electrons. The number of ether oxygens (including phenoxy) is 1. The van der Waals surface area contributed by atoms with E-state index in [9.17, 15) is 10.1 Å². The van der Waals surface area contributed by atoms with Gasteiger partial charge in [0.1, 0.15) is 5.84 Å². The van der Waals surface area contributed by atoms with Gasteiger partial charge in [-0.2, -0.15) is 0 Å². The van der Waals surface area contributed by atoms with Crippen molar-refractivity contribution in [3.8, 4) is 11.6 Å². The Morgan fingerprint density at radius 3 is 2.76 bits per heavy atom. The molecule has 0 bridgehead atoms. The minimum absolute atomic E-state index is 0.110. The van der Waals surface area contributed by atoms with E-state index in [2.05, 4.69) is 4.98 Å². The van der Waals surface area contributed by atoms with Crippen molar-refractivity contribution in [2.75, 3.05) is 0 Å². The molecule has 0 saturated heterocycles. The summed E-state index contributed by atoms with van der Waals surface area (Å²) in [6, 6.07) is 6.95. The molecule has 8 heteroatoms. The minimum atomic E-state index is -0.548. The number of benzene rings is 1. The van der Waals surface area contributed by atoms with Gasteiger partial charge in [0.05, 0.1) is 16.0 Å². The normalized spacial score (nSPS) is 10.2. The molecule has 0 atom stereocenters. The Labute approximate surface area is 125 Å². The maximum absolute atomic E-state index is 10.8. The number of nitro benzene ring substituents is 1. The van der Waals surface area contributed by atoms with Gasteiger partial charge in [-0.1, -0.05) is 11.6 Å². The summed E-state index contributed by atoms with van der Waals surface area (Å²) in [7, 11) is 0. The van der Waals surface area contributed by atoms with Crippen LogP contribution in [0.25, 0.3) is 0 Å². The molecule has 0 unspecified atom stereocenters. The number of nitrogens with two attached hydrogens (primary N) is 1. The second-order valence-corrected chi connectivity index (χ2v) is 4.63. The lowest BCUT2D eigenvalue weighted by Crippen LogP contribution is -2.11. The Bertz CT molecular complexity index is 733. The number of aromatic nitrogens is 1. The van der Waals surface area contributed by atoms with E-state index in [4.69, 9.17) is 27.5 Å². The number of nitro groups is 1. The molecule has 0 aliphatic heterocycles. The zero-order chi connectivity index (χ0) is 15.6. The van der Waals surface area contributed by atoms with E-state index >= 15 is 0 Å². The van der Waals surface area contributed by atoms with Gasteiger partial charge in [-0.25, -0.2) is 4.98 Å². The number of pyridine rings is 1. The van der Waals surface area contributed by atoms with Crippen molar-refractivity contribution in [2.45, 2.75) is 6.92 Å². The lowest BCUT2D eigenvalue weighted by atomic mass is 10.2. The van der Waals surface area contributed by atoms with Crippen LogP contribution < -0.4 is 10.5 Å². The Kier molecular flexibility index (Phi) is 4.04. The highest BCUT2D eigenvalue weighted by Gasteiger charge is 2.13. The summed E-state index contributed by atoms with van der Waals surface area (Å²) in [5.41, 5.74) is 6.32. The molecule has 0 saturated carbocycles. The van der Waals surface area contributed by atoms with E-state index in [-0.39, 0.29) is 28.2 Å². The zero-order valence-corrected chi connectivity index (χ0v) is 11.7. The third kappa shape index (κ3) is 3.46. The van der Waals surface area contributed by atoms with Crippen molar-refractivity contribution >= 4 is 23.1 Å². The summed E-state index contributed by atoms with van der Waals surface area (Å²) < 4.78 is 5.47. The smallest absolute Gasteiger partial charge is 0.273 e. The Morgan fingerprint density at radius 2 is 2.14 bits per heavy atom. The van der Waals surface area contributed by atoms with Crippen LogP contribution in [0, 0.1) is 22.4 Å². The molecule has 0 fully saturated rings. The van der Waals surface area contributed by atoms with Gasteiger partial charge in [0, 0.05) is 23.4 Å². The van der Waals surface area contributed by atoms with Crippen molar-refractivity contribution in [1.29, 1.82) is 5.41 Å². The van der Waals surface area contributed by atoms with Gasteiger partial charge < -0.3 is 10.5 Å². The molecular weight excluding hydrogens is 296 g/mol. The van der Waals surface area contributed by atoms with Crippen molar-refractivity contribution in [1.82, 2.24) is 4.98 Å². The fourth-order valence-corrected chi connectivity index (χ4v) is 1.80. The summed E-state index contributed by atoms with van der Waals surface area (Å²) in [5, 5.41) is 18.4. The molecule has 2 rings (SSSR count). The van der Waals surface area contributed by atoms with Crippen LogP contribution in [0.4, 0.5) is 5.69 Å². The highest BCUT2D eigenvalue weighted by Crippen LogP contribution is 2.32. The predicted octanol–water partition coefficient (Wildman–Crippen LogP) is 3.03. The number of nitrogens with one attached hydrogen (secondary N) is 1. The second-order valence-electron chi connectivity index (χ2n) is 4.22. The average Bonchev–Trinajstić information content (AvgIpc) is 2.40. The molecule has 0 amide bonds. The van der Waals surface area contributed by atoms with Crippen molar-refractivity contribution in [3.63, 3.8) is 0 Å². The molecule has 0 aliphatic rings. The average molecular weight is 307 g/mol. The van der Waals surface area contributed by atoms with Gasteiger partial charge in [-0.15, -0.1) is 0 Å². The summed E-state index contributed by atoms with van der Waals surface area (Å²) in [6.45, 7) is 1.72. The Hall–Kier alpha value is -2.67. The molecule has 1 heterocycles. The number of nitrogens with zero attached hydrogens (tertiary/aromatic N) is 2. The SMILES string of the molecule is Cc1cc(C(=N)N)cc(Oc2cc([N+](=O)[O-])ccc2Cl)n1. The largest absolute Gasteiger partial charge is 0.437 e. The van der Waals surface area contributed by atoms with Gasteiger partial charge in [0.25, 0.3) is 5.69 Å². The molecular formula is C13H11ClN4O3. The quantitative estimate of drug-likeness (QED) is 0.390. The molecule has 7 nitrogen and oxygen atoms in total. The van der Waals surface area contributed by atoms with Gasteiger partial charge in [0.2, 0.25) is 5.88 Å². The molecule has 1 aromatic heterocycles. The first kappa shape index (κ1) is 14.7. The maximum atomic E-state index is 10.8.